The Hall–Kier alpha value is -3.44. The van der Waals surface area contributed by atoms with Crippen molar-refractivity contribution in [2.75, 3.05) is 18.5 Å². The first kappa shape index (κ1) is 20.2. The van der Waals surface area contributed by atoms with E-state index in [-0.39, 0.29) is 23.0 Å². The number of imidazole rings is 1. The summed E-state index contributed by atoms with van der Waals surface area (Å²) >= 11 is 6.48. The van der Waals surface area contributed by atoms with Crippen molar-refractivity contribution < 1.29 is 23.4 Å². The van der Waals surface area contributed by atoms with Gasteiger partial charge in [0.05, 0.1) is 40.4 Å². The molecule has 1 unspecified atom stereocenters. The number of halogens is 3. The van der Waals surface area contributed by atoms with Crippen LogP contribution in [0.3, 0.4) is 0 Å². The van der Waals surface area contributed by atoms with Gasteiger partial charge in [-0.3, -0.25) is 10.1 Å². The van der Waals surface area contributed by atoms with E-state index in [9.17, 15) is 9.50 Å². The van der Waals surface area contributed by atoms with Crippen LogP contribution in [0.25, 0.3) is 33.6 Å². The number of aliphatic hydroxyl groups is 1. The molecule has 0 radical (unpaired) electrons. The molecule has 6 rings (SSSR count). The van der Waals surface area contributed by atoms with Crippen LogP contribution in [0.4, 0.5) is 14.6 Å². The normalized spacial score (nSPS) is 20.9. The Kier molecular flexibility index (Phi) is 4.63. The molecule has 9 nitrogen and oxygen atoms in total. The molecular formula is C21H17ClF2N6O3. The first-order valence-corrected chi connectivity index (χ1v) is 10.6. The molecule has 0 saturated heterocycles. The summed E-state index contributed by atoms with van der Waals surface area (Å²) in [5.41, 5.74) is 1.74. The van der Waals surface area contributed by atoms with Crippen molar-refractivity contribution in [2.24, 2.45) is 5.92 Å². The van der Waals surface area contributed by atoms with Gasteiger partial charge in [-0.05, 0) is 6.42 Å². The topological polar surface area (TPSA) is 110 Å². The van der Waals surface area contributed by atoms with Crippen LogP contribution in [0.1, 0.15) is 12.0 Å². The highest BCUT2D eigenvalue weighted by molar-refractivity contribution is 6.35. The van der Waals surface area contributed by atoms with Gasteiger partial charge in [-0.1, -0.05) is 11.6 Å². The summed E-state index contributed by atoms with van der Waals surface area (Å²) in [4.78, 5) is 8.74. The van der Waals surface area contributed by atoms with Gasteiger partial charge in [-0.2, -0.15) is 5.10 Å². The Morgan fingerprint density at radius 2 is 2.12 bits per heavy atom. The average molecular weight is 475 g/mol. The van der Waals surface area contributed by atoms with E-state index in [0.717, 1.165) is 0 Å². The van der Waals surface area contributed by atoms with Crippen molar-refractivity contribution in [1.29, 1.82) is 0 Å². The van der Waals surface area contributed by atoms with Crippen LogP contribution in [0, 0.1) is 11.7 Å². The zero-order valence-electron chi connectivity index (χ0n) is 16.9. The van der Waals surface area contributed by atoms with Crippen molar-refractivity contribution >= 4 is 39.7 Å². The van der Waals surface area contributed by atoms with Gasteiger partial charge >= 0.3 is 0 Å². The zero-order valence-corrected chi connectivity index (χ0v) is 17.7. The number of alkyl halides is 1. The highest BCUT2D eigenvalue weighted by Crippen LogP contribution is 2.41. The largest absolute Gasteiger partial charge is 0.494 e. The van der Waals surface area contributed by atoms with Gasteiger partial charge in [-0.15, -0.1) is 0 Å². The van der Waals surface area contributed by atoms with Gasteiger partial charge in [0.1, 0.15) is 37.7 Å². The van der Waals surface area contributed by atoms with E-state index in [2.05, 4.69) is 25.5 Å². The molecule has 33 heavy (non-hydrogen) atoms. The first-order valence-electron chi connectivity index (χ1n) is 10.2. The second-order valence-electron chi connectivity index (χ2n) is 7.91. The molecule has 1 aliphatic carbocycles. The van der Waals surface area contributed by atoms with Gasteiger partial charge in [0.15, 0.2) is 17.2 Å². The van der Waals surface area contributed by atoms with Crippen LogP contribution in [0.2, 0.25) is 5.02 Å². The number of anilines is 1. The number of hydrogen-bond donors (Lipinski definition) is 3. The maximum absolute atomic E-state index is 15.4. The zero-order chi connectivity index (χ0) is 22.7. The molecule has 170 valence electrons. The van der Waals surface area contributed by atoms with Crippen LogP contribution in [-0.4, -0.2) is 55.3 Å². The minimum absolute atomic E-state index is 0.131. The van der Waals surface area contributed by atoms with Gasteiger partial charge in [0.25, 0.3) is 0 Å². The number of aliphatic hydroxyl groups excluding tert-OH is 1. The molecule has 4 aromatic rings. The molecule has 0 amide bonds. The number of ether oxygens (including phenoxy) is 2. The molecule has 2 aliphatic rings. The van der Waals surface area contributed by atoms with E-state index in [1.54, 1.807) is 16.8 Å². The molecule has 3 N–H and O–H groups in total. The summed E-state index contributed by atoms with van der Waals surface area (Å²) in [5.74, 6) is -0.543. The molecule has 1 aromatic carbocycles. The Labute approximate surface area is 190 Å². The summed E-state index contributed by atoms with van der Waals surface area (Å²) < 4.78 is 41.1. The highest BCUT2D eigenvalue weighted by atomic mass is 35.5. The maximum Gasteiger partial charge on any atom is 0.166 e. The van der Waals surface area contributed by atoms with Gasteiger partial charge < -0.3 is 24.3 Å². The Morgan fingerprint density at radius 1 is 1.27 bits per heavy atom. The number of hydrogen-bond acceptors (Lipinski definition) is 7. The Bertz CT molecular complexity index is 1420. The molecule has 4 heterocycles. The molecule has 1 aliphatic heterocycles. The standard InChI is InChI=1S/C21H17ClF2N6O3/c22-18-16(10-4-26-29-20(10)17(19(18)24)13-8-32-1-2-33-13)12-6-30-7-14(27-15(30)5-25-12)28-21(31)9-3-11(9)23/h4-9,11,21,28,31H,1-3H2,(H,26,29)/t9-,11+,21?/m1/s1. The Morgan fingerprint density at radius 3 is 2.88 bits per heavy atom. The third-order valence-corrected chi connectivity index (χ3v) is 6.10. The molecule has 0 spiro atoms. The molecule has 0 bridgehead atoms. The van der Waals surface area contributed by atoms with E-state index < -0.39 is 24.1 Å². The molecule has 3 atom stereocenters. The fourth-order valence-electron chi connectivity index (χ4n) is 3.96. The van der Waals surface area contributed by atoms with Crippen LogP contribution in [0.15, 0.2) is 31.0 Å². The fourth-order valence-corrected chi connectivity index (χ4v) is 4.25. The fraction of sp³-hybridized carbons (Fsp3) is 0.286. The van der Waals surface area contributed by atoms with Crippen molar-refractivity contribution in [3.05, 3.63) is 47.5 Å². The summed E-state index contributed by atoms with van der Waals surface area (Å²) in [6, 6.07) is 0. The Balaban J connectivity index is 1.42. The second kappa shape index (κ2) is 7.56. The predicted octanol–water partition coefficient (Wildman–Crippen LogP) is 3.50. The number of benzene rings is 1. The third kappa shape index (κ3) is 3.35. The lowest BCUT2D eigenvalue weighted by Crippen LogP contribution is -2.22. The lowest BCUT2D eigenvalue weighted by Gasteiger charge is -2.18. The van der Waals surface area contributed by atoms with E-state index in [0.29, 0.717) is 46.7 Å². The number of aromatic amines is 1. The number of nitrogens with one attached hydrogen (secondary N) is 2. The molecule has 1 saturated carbocycles. The predicted molar refractivity (Wildman–Crippen MR) is 116 cm³/mol. The number of fused-ring (bicyclic) bond motifs is 2. The molecule has 3 aromatic heterocycles. The second-order valence-corrected chi connectivity index (χ2v) is 8.28. The smallest absolute Gasteiger partial charge is 0.166 e. The lowest BCUT2D eigenvalue weighted by atomic mass is 10.0. The lowest BCUT2D eigenvalue weighted by molar-refractivity contribution is 0.125. The van der Waals surface area contributed by atoms with Crippen molar-refractivity contribution in [3.63, 3.8) is 0 Å². The van der Waals surface area contributed by atoms with Crippen molar-refractivity contribution in [2.45, 2.75) is 18.8 Å². The minimum atomic E-state index is -1.03. The van der Waals surface area contributed by atoms with E-state index in [1.807, 2.05) is 0 Å². The summed E-state index contributed by atoms with van der Waals surface area (Å²) in [7, 11) is 0. The number of nitrogens with zero attached hydrogens (tertiary/aromatic N) is 4. The van der Waals surface area contributed by atoms with E-state index in [1.165, 1.54) is 18.7 Å². The number of rotatable bonds is 5. The van der Waals surface area contributed by atoms with E-state index >= 15 is 4.39 Å². The average Bonchev–Trinajstić information content (AvgIpc) is 3.18. The van der Waals surface area contributed by atoms with Crippen LogP contribution < -0.4 is 5.32 Å². The summed E-state index contributed by atoms with van der Waals surface area (Å²) in [6.07, 6.45) is 5.94. The van der Waals surface area contributed by atoms with Gasteiger partial charge in [-0.25, -0.2) is 13.8 Å². The maximum atomic E-state index is 15.4. The molecule has 12 heteroatoms. The minimum Gasteiger partial charge on any atom is -0.494 e. The summed E-state index contributed by atoms with van der Waals surface area (Å²) in [6.45, 7) is 0.664. The quantitative estimate of drug-likeness (QED) is 0.380. The van der Waals surface area contributed by atoms with Crippen LogP contribution >= 0.6 is 11.6 Å². The first-order chi connectivity index (χ1) is 16.0. The van der Waals surface area contributed by atoms with Gasteiger partial charge in [0.2, 0.25) is 0 Å². The SMILES string of the molecule is OC(Nc1cn2cc(-c3c(Cl)c(F)c(C4=COCCO4)c4[nH]ncc34)ncc2n1)[C@@H]1C[C@@H]1F. The van der Waals surface area contributed by atoms with Crippen LogP contribution in [0.5, 0.6) is 0 Å². The molecular weight excluding hydrogens is 458 g/mol. The number of aromatic nitrogens is 5. The molecule has 1 fully saturated rings. The van der Waals surface area contributed by atoms with Crippen LogP contribution in [-0.2, 0) is 9.47 Å². The summed E-state index contributed by atoms with van der Waals surface area (Å²) in [5, 5.41) is 20.1. The third-order valence-electron chi connectivity index (χ3n) is 5.74. The van der Waals surface area contributed by atoms with Gasteiger partial charge in [0, 0.05) is 23.1 Å². The number of H-pyrrole nitrogens is 1. The van der Waals surface area contributed by atoms with Crippen molar-refractivity contribution in [3.8, 4) is 11.3 Å². The highest BCUT2D eigenvalue weighted by Gasteiger charge is 2.43. The monoisotopic (exact) mass is 474 g/mol. The van der Waals surface area contributed by atoms with Crippen molar-refractivity contribution in [1.82, 2.24) is 24.6 Å². The van der Waals surface area contributed by atoms with E-state index in [4.69, 9.17) is 21.1 Å².